The van der Waals surface area contributed by atoms with Gasteiger partial charge in [-0.25, -0.2) is 0 Å². The van der Waals surface area contributed by atoms with Gasteiger partial charge in [0.05, 0.1) is 11.6 Å². The lowest BCUT2D eigenvalue weighted by Crippen LogP contribution is -2.15. The summed E-state index contributed by atoms with van der Waals surface area (Å²) >= 11 is 0. The molecule has 0 fully saturated rings. The van der Waals surface area contributed by atoms with Gasteiger partial charge in [-0.3, -0.25) is 0 Å². The van der Waals surface area contributed by atoms with E-state index in [2.05, 4.69) is 117 Å². The predicted octanol–water partition coefficient (Wildman–Crippen LogP) is 10.00. The van der Waals surface area contributed by atoms with Crippen LogP contribution in [-0.2, 0) is 5.41 Å². The van der Waals surface area contributed by atoms with Crippen molar-refractivity contribution in [3.8, 4) is 61.7 Å². The third-order valence-electron chi connectivity index (χ3n) is 8.86. The van der Waals surface area contributed by atoms with E-state index in [1.165, 1.54) is 66.4 Å². The Labute approximate surface area is 228 Å². The molecule has 0 radical (unpaired) electrons. The summed E-state index contributed by atoms with van der Waals surface area (Å²) in [6.45, 7) is 4.67. The molecule has 0 bridgehead atoms. The summed E-state index contributed by atoms with van der Waals surface area (Å²) in [7, 11) is 0. The Hall–Kier alpha value is -4.93. The molecule has 0 amide bonds. The second-order valence-electron chi connectivity index (χ2n) is 11.3. The third kappa shape index (κ3) is 3.01. The molecule has 182 valence electrons. The maximum Gasteiger partial charge on any atom is 0.0991 e. The number of nitrogens with zero attached hydrogens (tertiary/aromatic N) is 1. The van der Waals surface area contributed by atoms with E-state index in [1.807, 2.05) is 18.2 Å². The van der Waals surface area contributed by atoms with Crippen LogP contribution in [0.25, 0.3) is 66.4 Å². The first-order chi connectivity index (χ1) is 19.0. The van der Waals surface area contributed by atoms with E-state index < -0.39 is 0 Å². The molecule has 1 heteroatoms. The van der Waals surface area contributed by atoms with E-state index in [-0.39, 0.29) is 5.41 Å². The van der Waals surface area contributed by atoms with Crippen molar-refractivity contribution in [2.24, 2.45) is 0 Å². The number of hydrogen-bond acceptors (Lipinski definition) is 1. The molecule has 0 unspecified atom stereocenters. The van der Waals surface area contributed by atoms with Crippen LogP contribution in [0.3, 0.4) is 0 Å². The van der Waals surface area contributed by atoms with Crippen LogP contribution in [0, 0.1) is 11.3 Å². The van der Waals surface area contributed by atoms with Gasteiger partial charge >= 0.3 is 0 Å². The highest BCUT2D eigenvalue weighted by atomic mass is 14.4. The summed E-state index contributed by atoms with van der Waals surface area (Å²) in [5, 5.41) is 12.1. The minimum Gasteiger partial charge on any atom is -0.192 e. The first-order valence-corrected chi connectivity index (χ1v) is 13.5. The van der Waals surface area contributed by atoms with Gasteiger partial charge in [0.2, 0.25) is 0 Å². The minimum absolute atomic E-state index is 0.130. The Morgan fingerprint density at radius 2 is 1.05 bits per heavy atom. The van der Waals surface area contributed by atoms with E-state index in [9.17, 15) is 5.26 Å². The van der Waals surface area contributed by atoms with Crippen LogP contribution in [0.5, 0.6) is 0 Å². The largest absolute Gasteiger partial charge is 0.192 e. The molecule has 39 heavy (non-hydrogen) atoms. The maximum absolute atomic E-state index is 9.38. The minimum atomic E-state index is -0.130. The van der Waals surface area contributed by atoms with Crippen molar-refractivity contribution in [1.82, 2.24) is 0 Å². The number of hydrogen-bond donors (Lipinski definition) is 0. The molecule has 2 aliphatic carbocycles. The molecule has 6 aromatic rings. The summed E-state index contributed by atoms with van der Waals surface area (Å²) < 4.78 is 0. The highest BCUT2D eigenvalue weighted by Gasteiger charge is 2.36. The molecule has 0 aromatic heterocycles. The molecule has 0 N–H and O–H groups in total. The lowest BCUT2D eigenvalue weighted by Gasteiger charge is -2.23. The van der Waals surface area contributed by atoms with Gasteiger partial charge in [-0.1, -0.05) is 105 Å². The molecule has 0 atom stereocenters. The van der Waals surface area contributed by atoms with Crippen molar-refractivity contribution in [1.29, 1.82) is 5.26 Å². The lowest BCUT2D eigenvalue weighted by molar-refractivity contribution is 0.661. The maximum atomic E-state index is 9.38. The first kappa shape index (κ1) is 22.1. The quantitative estimate of drug-likeness (QED) is 0.234. The normalized spacial score (nSPS) is 13.6. The van der Waals surface area contributed by atoms with E-state index in [1.54, 1.807) is 0 Å². The molecule has 0 aliphatic heterocycles. The fourth-order valence-electron chi connectivity index (χ4n) is 6.91. The number of fused-ring (bicyclic) bond motifs is 6. The predicted molar refractivity (Wildman–Crippen MR) is 162 cm³/mol. The van der Waals surface area contributed by atoms with Crippen molar-refractivity contribution in [3.05, 3.63) is 132 Å². The molecular formula is C38H25N. The SMILES string of the molecule is CC1(C)c2cc(-c3cccc(C#N)c3)ccc2-c2ccc(-c3ccc4c5c(cccc35)-c3ccccc3-4)cc21. The number of rotatable bonds is 2. The highest BCUT2D eigenvalue weighted by molar-refractivity contribution is 6.18. The monoisotopic (exact) mass is 495 g/mol. The van der Waals surface area contributed by atoms with Gasteiger partial charge in [-0.15, -0.1) is 0 Å². The Kier molecular flexibility index (Phi) is 4.41. The van der Waals surface area contributed by atoms with E-state index in [0.29, 0.717) is 5.56 Å². The third-order valence-corrected chi connectivity index (χ3v) is 8.86. The van der Waals surface area contributed by atoms with Gasteiger partial charge in [0, 0.05) is 5.41 Å². The van der Waals surface area contributed by atoms with Crippen molar-refractivity contribution >= 4 is 10.8 Å². The van der Waals surface area contributed by atoms with Gasteiger partial charge in [0.15, 0.2) is 0 Å². The van der Waals surface area contributed by atoms with Crippen LogP contribution in [0.15, 0.2) is 115 Å². The van der Waals surface area contributed by atoms with Gasteiger partial charge < -0.3 is 0 Å². The van der Waals surface area contributed by atoms with Crippen molar-refractivity contribution in [3.63, 3.8) is 0 Å². The van der Waals surface area contributed by atoms with Crippen LogP contribution >= 0.6 is 0 Å². The fraction of sp³-hybridized carbons (Fsp3) is 0.0789. The van der Waals surface area contributed by atoms with Crippen LogP contribution in [-0.4, -0.2) is 0 Å². The first-order valence-electron chi connectivity index (χ1n) is 13.5. The van der Waals surface area contributed by atoms with Crippen molar-refractivity contribution in [2.75, 3.05) is 0 Å². The fourth-order valence-corrected chi connectivity index (χ4v) is 6.91. The molecule has 0 heterocycles. The van der Waals surface area contributed by atoms with Gasteiger partial charge in [-0.2, -0.15) is 5.26 Å². The Morgan fingerprint density at radius 1 is 0.487 bits per heavy atom. The van der Waals surface area contributed by atoms with Crippen LogP contribution in [0.1, 0.15) is 30.5 Å². The second-order valence-corrected chi connectivity index (χ2v) is 11.3. The molecule has 0 saturated carbocycles. The molecular weight excluding hydrogens is 470 g/mol. The number of benzene rings is 6. The lowest BCUT2D eigenvalue weighted by atomic mass is 9.80. The van der Waals surface area contributed by atoms with E-state index >= 15 is 0 Å². The van der Waals surface area contributed by atoms with E-state index in [4.69, 9.17) is 0 Å². The summed E-state index contributed by atoms with van der Waals surface area (Å²) in [6.07, 6.45) is 0. The molecule has 2 aliphatic rings. The van der Waals surface area contributed by atoms with Crippen LogP contribution in [0.2, 0.25) is 0 Å². The summed E-state index contributed by atoms with van der Waals surface area (Å²) in [5.41, 5.74) is 16.0. The van der Waals surface area contributed by atoms with Gasteiger partial charge in [0.25, 0.3) is 0 Å². The molecule has 0 spiro atoms. The van der Waals surface area contributed by atoms with Gasteiger partial charge in [-0.05, 0) is 102 Å². The van der Waals surface area contributed by atoms with Crippen LogP contribution in [0.4, 0.5) is 0 Å². The summed E-state index contributed by atoms with van der Waals surface area (Å²) in [5.74, 6) is 0. The zero-order valence-corrected chi connectivity index (χ0v) is 21.9. The zero-order valence-electron chi connectivity index (χ0n) is 21.9. The van der Waals surface area contributed by atoms with Crippen molar-refractivity contribution in [2.45, 2.75) is 19.3 Å². The van der Waals surface area contributed by atoms with Gasteiger partial charge in [0.1, 0.15) is 0 Å². The molecule has 0 saturated heterocycles. The average molecular weight is 496 g/mol. The molecule has 8 rings (SSSR count). The van der Waals surface area contributed by atoms with Crippen LogP contribution < -0.4 is 0 Å². The zero-order chi connectivity index (χ0) is 26.3. The molecule has 1 nitrogen and oxygen atoms in total. The Morgan fingerprint density at radius 3 is 1.79 bits per heavy atom. The Balaban J connectivity index is 1.27. The van der Waals surface area contributed by atoms with Crippen molar-refractivity contribution < 1.29 is 0 Å². The second kappa shape index (κ2) is 7.79. The average Bonchev–Trinajstić information content (AvgIpc) is 3.43. The standard InChI is InChI=1S/C38H25N/c1-38(2)35-20-25(24-8-5-7-23(19-24)22-39)13-15-30(35)31-16-14-26(21-36(31)38)27-17-18-34-29-10-4-3-9-28(29)33-12-6-11-32(27)37(33)34/h3-21H,1-2H3. The van der Waals surface area contributed by atoms with E-state index in [0.717, 1.165) is 11.1 Å². The molecule has 6 aromatic carbocycles. The summed E-state index contributed by atoms with van der Waals surface area (Å²) in [4.78, 5) is 0. The smallest absolute Gasteiger partial charge is 0.0991 e. The summed E-state index contributed by atoms with van der Waals surface area (Å²) in [6, 6.07) is 44.0. The Bertz CT molecular complexity index is 2020. The topological polar surface area (TPSA) is 23.8 Å². The highest BCUT2D eigenvalue weighted by Crippen LogP contribution is 2.52. The number of nitriles is 1.